The number of hydrogen-bond acceptors (Lipinski definition) is 2. The van der Waals surface area contributed by atoms with Gasteiger partial charge < -0.3 is 4.90 Å². The largest absolute Gasteiger partial charge is 0.301 e. The molecule has 0 N–H and O–H groups in total. The molecule has 2 heterocycles. The summed E-state index contributed by atoms with van der Waals surface area (Å²) in [7, 11) is 2.24. The minimum absolute atomic E-state index is 0.935. The van der Waals surface area contributed by atoms with Crippen LogP contribution in [0.15, 0.2) is 0 Å². The molecule has 2 saturated heterocycles. The fourth-order valence-corrected chi connectivity index (χ4v) is 3.18. The summed E-state index contributed by atoms with van der Waals surface area (Å²) in [6.07, 6.45) is 1.46. The molecule has 1 nitrogen and oxygen atoms in total. The van der Waals surface area contributed by atoms with Crippen molar-refractivity contribution in [1.29, 1.82) is 0 Å². The number of fused-ring (bicyclic) bond motifs is 2. The molecule has 0 aromatic heterocycles. The van der Waals surface area contributed by atoms with Crippen LogP contribution in [0.25, 0.3) is 0 Å². The highest BCUT2D eigenvalue weighted by Crippen LogP contribution is 2.35. The van der Waals surface area contributed by atoms with Crippen molar-refractivity contribution in [3.63, 3.8) is 0 Å². The van der Waals surface area contributed by atoms with Gasteiger partial charge in [-0.1, -0.05) is 0 Å². The molecule has 2 fully saturated rings. The van der Waals surface area contributed by atoms with Gasteiger partial charge in [0.25, 0.3) is 0 Å². The molecular formula is C6H11NS. The third-order valence-electron chi connectivity index (χ3n) is 2.17. The summed E-state index contributed by atoms with van der Waals surface area (Å²) in [5.74, 6) is 1.39. The smallest absolute Gasteiger partial charge is 0.0194 e. The van der Waals surface area contributed by atoms with Crippen LogP contribution in [-0.2, 0) is 0 Å². The number of nitrogens with zero attached hydrogens (tertiary/aromatic N) is 1. The Kier molecular flexibility index (Phi) is 1.05. The Morgan fingerprint density at radius 2 is 2.50 bits per heavy atom. The average molecular weight is 129 g/mol. The van der Waals surface area contributed by atoms with Crippen LogP contribution in [0.2, 0.25) is 0 Å². The first kappa shape index (κ1) is 5.12. The number of thioether (sulfide) groups is 1. The lowest BCUT2D eigenvalue weighted by atomic mass is 10.2. The van der Waals surface area contributed by atoms with Crippen LogP contribution in [0, 0.1) is 0 Å². The molecule has 2 rings (SSSR count). The summed E-state index contributed by atoms with van der Waals surface area (Å²) in [5.41, 5.74) is 0. The average Bonchev–Trinajstić information content (AvgIpc) is 2.23. The molecule has 2 bridgehead atoms. The Bertz CT molecular complexity index is 103. The van der Waals surface area contributed by atoms with E-state index in [1.165, 1.54) is 18.7 Å². The Balaban J connectivity index is 2.11. The fourth-order valence-electron chi connectivity index (χ4n) is 1.59. The maximum atomic E-state index is 2.49. The van der Waals surface area contributed by atoms with Crippen molar-refractivity contribution in [2.75, 3.05) is 19.3 Å². The maximum absolute atomic E-state index is 2.49. The van der Waals surface area contributed by atoms with E-state index in [-0.39, 0.29) is 0 Å². The van der Waals surface area contributed by atoms with Gasteiger partial charge in [0.1, 0.15) is 0 Å². The van der Waals surface area contributed by atoms with Crippen molar-refractivity contribution in [3.8, 4) is 0 Å². The van der Waals surface area contributed by atoms with Gasteiger partial charge >= 0.3 is 0 Å². The number of rotatable bonds is 0. The monoisotopic (exact) mass is 129 g/mol. The van der Waals surface area contributed by atoms with E-state index in [9.17, 15) is 0 Å². The predicted octanol–water partition coefficient (Wildman–Crippen LogP) is 0.806. The van der Waals surface area contributed by atoms with Crippen LogP contribution in [-0.4, -0.2) is 35.5 Å². The molecule has 0 radical (unpaired) electrons. The van der Waals surface area contributed by atoms with Crippen molar-refractivity contribution >= 4 is 11.8 Å². The summed E-state index contributed by atoms with van der Waals surface area (Å²) < 4.78 is 0. The van der Waals surface area contributed by atoms with Gasteiger partial charge in [0.15, 0.2) is 0 Å². The predicted molar refractivity (Wildman–Crippen MR) is 37.3 cm³/mol. The first-order valence-corrected chi connectivity index (χ1v) is 4.23. The molecule has 2 aliphatic heterocycles. The Hall–Kier alpha value is 0.310. The molecule has 0 aliphatic carbocycles. The van der Waals surface area contributed by atoms with Gasteiger partial charge in [-0.15, -0.1) is 0 Å². The molecule has 0 aromatic carbocycles. The summed E-state index contributed by atoms with van der Waals surface area (Å²) in [6.45, 7) is 1.34. The maximum Gasteiger partial charge on any atom is 0.0194 e. The molecule has 8 heavy (non-hydrogen) atoms. The number of likely N-dealkylation sites (tertiary alicyclic amines) is 1. The first-order valence-electron chi connectivity index (χ1n) is 3.18. The van der Waals surface area contributed by atoms with E-state index in [0.717, 1.165) is 11.3 Å². The summed E-state index contributed by atoms with van der Waals surface area (Å²) >= 11 is 2.15. The van der Waals surface area contributed by atoms with Crippen molar-refractivity contribution in [2.45, 2.75) is 17.7 Å². The molecule has 0 aromatic rings. The van der Waals surface area contributed by atoms with Gasteiger partial charge in [-0.05, 0) is 13.5 Å². The van der Waals surface area contributed by atoms with E-state index < -0.39 is 0 Å². The van der Waals surface area contributed by atoms with Crippen molar-refractivity contribution < 1.29 is 0 Å². The molecular weight excluding hydrogens is 118 g/mol. The first-order chi connectivity index (χ1) is 3.86. The topological polar surface area (TPSA) is 3.24 Å². The molecule has 0 spiro atoms. The zero-order valence-corrected chi connectivity index (χ0v) is 5.95. The van der Waals surface area contributed by atoms with E-state index in [0.29, 0.717) is 0 Å². The third-order valence-corrected chi connectivity index (χ3v) is 3.56. The minimum Gasteiger partial charge on any atom is -0.301 e. The Labute approximate surface area is 54.4 Å². The zero-order chi connectivity index (χ0) is 5.56. The summed E-state index contributed by atoms with van der Waals surface area (Å²) in [5, 5.41) is 0.991. The highest BCUT2D eigenvalue weighted by molar-refractivity contribution is 8.00. The third kappa shape index (κ3) is 0.594. The van der Waals surface area contributed by atoms with Gasteiger partial charge in [0.05, 0.1) is 0 Å². The Morgan fingerprint density at radius 3 is 2.75 bits per heavy atom. The van der Waals surface area contributed by atoms with E-state index >= 15 is 0 Å². The zero-order valence-electron chi connectivity index (χ0n) is 5.13. The molecule has 0 saturated carbocycles. The lowest BCUT2D eigenvalue weighted by Gasteiger charge is -2.20. The van der Waals surface area contributed by atoms with Crippen molar-refractivity contribution in [2.24, 2.45) is 0 Å². The lowest BCUT2D eigenvalue weighted by Crippen LogP contribution is -2.29. The van der Waals surface area contributed by atoms with Gasteiger partial charge in [-0.2, -0.15) is 11.8 Å². The lowest BCUT2D eigenvalue weighted by molar-refractivity contribution is 0.332. The van der Waals surface area contributed by atoms with E-state index in [1.54, 1.807) is 0 Å². The molecule has 2 heteroatoms. The van der Waals surface area contributed by atoms with Crippen molar-refractivity contribution in [1.82, 2.24) is 4.90 Å². The number of hydrogen-bond donors (Lipinski definition) is 0. The SMILES string of the molecule is CN1CC2C[C@H]1CS2. The summed E-state index contributed by atoms with van der Waals surface area (Å²) in [6, 6.07) is 0.935. The normalized spacial score (nSPS) is 46.1. The van der Waals surface area contributed by atoms with E-state index in [2.05, 4.69) is 23.7 Å². The fraction of sp³-hybridized carbons (Fsp3) is 1.00. The minimum atomic E-state index is 0.935. The van der Waals surface area contributed by atoms with E-state index in [4.69, 9.17) is 0 Å². The van der Waals surface area contributed by atoms with Gasteiger partial charge in [-0.3, -0.25) is 0 Å². The second kappa shape index (κ2) is 1.64. The van der Waals surface area contributed by atoms with Gasteiger partial charge in [0, 0.05) is 23.6 Å². The second-order valence-electron chi connectivity index (χ2n) is 2.78. The van der Waals surface area contributed by atoms with Gasteiger partial charge in [-0.25, -0.2) is 0 Å². The second-order valence-corrected chi connectivity index (χ2v) is 4.12. The standard InChI is InChI=1S/C6H11NS/c1-7-3-6-2-5(7)4-8-6/h5-6H,2-4H2,1H3/t5-,6?/m0/s1. The highest BCUT2D eigenvalue weighted by atomic mass is 32.2. The molecule has 2 aliphatic rings. The van der Waals surface area contributed by atoms with Crippen LogP contribution in [0.3, 0.4) is 0 Å². The van der Waals surface area contributed by atoms with Crippen LogP contribution in [0.4, 0.5) is 0 Å². The summed E-state index contributed by atoms with van der Waals surface area (Å²) in [4.78, 5) is 2.49. The quantitative estimate of drug-likeness (QED) is 0.476. The van der Waals surface area contributed by atoms with Crippen LogP contribution in [0.5, 0.6) is 0 Å². The molecule has 2 atom stereocenters. The van der Waals surface area contributed by atoms with Crippen LogP contribution < -0.4 is 0 Å². The van der Waals surface area contributed by atoms with E-state index in [1.807, 2.05) is 0 Å². The molecule has 0 amide bonds. The highest BCUT2D eigenvalue weighted by Gasteiger charge is 2.35. The van der Waals surface area contributed by atoms with Crippen molar-refractivity contribution in [3.05, 3.63) is 0 Å². The molecule has 46 valence electrons. The Morgan fingerprint density at radius 1 is 1.62 bits per heavy atom. The van der Waals surface area contributed by atoms with Crippen LogP contribution >= 0.6 is 11.8 Å². The molecule has 1 unspecified atom stereocenters. The van der Waals surface area contributed by atoms with Gasteiger partial charge in [0.2, 0.25) is 0 Å². The van der Waals surface area contributed by atoms with Crippen LogP contribution in [0.1, 0.15) is 6.42 Å².